The number of nitrogens with zero attached hydrogens (tertiary/aromatic N) is 1. The minimum absolute atomic E-state index is 0.0108. The molecule has 4 rings (SSSR count). The number of amides is 1. The van der Waals surface area contributed by atoms with Crippen LogP contribution in [0, 0.1) is 5.92 Å². The van der Waals surface area contributed by atoms with Gasteiger partial charge in [-0.2, -0.15) is 0 Å². The number of halogens is 1. The van der Waals surface area contributed by atoms with Gasteiger partial charge in [0.2, 0.25) is 0 Å². The number of methoxy groups -OCH3 is 2. The van der Waals surface area contributed by atoms with E-state index in [1.54, 1.807) is 26.4 Å². The Balaban J connectivity index is 1.72. The summed E-state index contributed by atoms with van der Waals surface area (Å²) in [5.41, 5.74) is 1.78. The van der Waals surface area contributed by atoms with E-state index in [2.05, 4.69) is 12.1 Å². The molecular weight excluding hydrogens is 386 g/mol. The minimum atomic E-state index is -0.215. The molecule has 29 heavy (non-hydrogen) atoms. The van der Waals surface area contributed by atoms with Gasteiger partial charge in [-0.1, -0.05) is 43.2 Å². The lowest BCUT2D eigenvalue weighted by Gasteiger charge is -2.52. The first-order chi connectivity index (χ1) is 14.1. The fourth-order valence-electron chi connectivity index (χ4n) is 5.07. The average molecular weight is 414 g/mol. The number of hydrogen-bond donors (Lipinski definition) is 0. The van der Waals surface area contributed by atoms with Crippen LogP contribution in [0.15, 0.2) is 48.5 Å². The van der Waals surface area contributed by atoms with E-state index in [4.69, 9.17) is 21.1 Å². The van der Waals surface area contributed by atoms with E-state index in [1.165, 1.54) is 12.8 Å². The number of benzene rings is 2. The van der Waals surface area contributed by atoms with Gasteiger partial charge in [-0.05, 0) is 43.0 Å². The zero-order valence-electron chi connectivity index (χ0n) is 17.1. The van der Waals surface area contributed by atoms with E-state index in [0.717, 1.165) is 24.8 Å². The van der Waals surface area contributed by atoms with Crippen molar-refractivity contribution in [3.63, 3.8) is 0 Å². The molecule has 0 spiro atoms. The van der Waals surface area contributed by atoms with Gasteiger partial charge in [0.25, 0.3) is 5.91 Å². The minimum Gasteiger partial charge on any atom is -0.493 e. The smallest absolute Gasteiger partial charge is 0.254 e. The number of piperidine rings is 1. The second-order valence-corrected chi connectivity index (χ2v) is 8.81. The number of alkyl halides is 1. The molecule has 1 aliphatic carbocycles. The van der Waals surface area contributed by atoms with Crippen molar-refractivity contribution in [3.8, 4) is 11.5 Å². The lowest BCUT2D eigenvalue weighted by atomic mass is 9.68. The van der Waals surface area contributed by atoms with Gasteiger partial charge in [0.05, 0.1) is 25.1 Å². The van der Waals surface area contributed by atoms with Crippen molar-refractivity contribution in [1.29, 1.82) is 0 Å². The van der Waals surface area contributed by atoms with Crippen molar-refractivity contribution in [2.24, 2.45) is 5.92 Å². The maximum atomic E-state index is 13.6. The van der Waals surface area contributed by atoms with Crippen molar-refractivity contribution < 1.29 is 14.3 Å². The van der Waals surface area contributed by atoms with Crippen LogP contribution in [-0.4, -0.2) is 36.4 Å². The summed E-state index contributed by atoms with van der Waals surface area (Å²) in [5.74, 6) is 1.47. The summed E-state index contributed by atoms with van der Waals surface area (Å²) in [6.45, 7) is 0.659. The van der Waals surface area contributed by atoms with Crippen LogP contribution < -0.4 is 9.47 Å². The number of ether oxygens (including phenoxy) is 2. The second kappa shape index (κ2) is 8.27. The van der Waals surface area contributed by atoms with Crippen LogP contribution in [0.4, 0.5) is 0 Å². The van der Waals surface area contributed by atoms with E-state index in [0.29, 0.717) is 23.6 Å². The number of carbonyl (C=O) groups excluding carboxylic acids is 1. The van der Waals surface area contributed by atoms with Crippen LogP contribution in [-0.2, 0) is 0 Å². The molecule has 2 fully saturated rings. The number of fused-ring (bicyclic) bond motifs is 1. The Morgan fingerprint density at radius 3 is 2.52 bits per heavy atom. The van der Waals surface area contributed by atoms with E-state index in [1.807, 2.05) is 29.2 Å². The molecule has 0 bridgehead atoms. The van der Waals surface area contributed by atoms with Crippen molar-refractivity contribution in [2.45, 2.75) is 43.0 Å². The highest BCUT2D eigenvalue weighted by Crippen LogP contribution is 2.53. The van der Waals surface area contributed by atoms with E-state index >= 15 is 0 Å². The summed E-state index contributed by atoms with van der Waals surface area (Å²) in [5, 5.41) is 0. The van der Waals surface area contributed by atoms with Gasteiger partial charge in [-0.25, -0.2) is 0 Å². The van der Waals surface area contributed by atoms with E-state index < -0.39 is 0 Å². The topological polar surface area (TPSA) is 38.8 Å². The maximum Gasteiger partial charge on any atom is 0.254 e. The van der Waals surface area contributed by atoms with E-state index in [9.17, 15) is 4.79 Å². The molecule has 5 heteroatoms. The van der Waals surface area contributed by atoms with Gasteiger partial charge in [0.1, 0.15) is 0 Å². The van der Waals surface area contributed by atoms with Crippen LogP contribution >= 0.6 is 11.6 Å². The molecule has 4 nitrogen and oxygen atoms in total. The molecule has 2 aromatic carbocycles. The van der Waals surface area contributed by atoms with Gasteiger partial charge >= 0.3 is 0 Å². The number of rotatable bonds is 4. The molecule has 0 N–H and O–H groups in total. The molecule has 154 valence electrons. The molecular formula is C24H28ClNO3. The fourth-order valence-corrected chi connectivity index (χ4v) is 5.51. The first kappa shape index (κ1) is 20.1. The third-order valence-corrected chi connectivity index (χ3v) is 7.20. The summed E-state index contributed by atoms with van der Waals surface area (Å²) < 4.78 is 10.7. The second-order valence-electron chi connectivity index (χ2n) is 8.06. The monoisotopic (exact) mass is 413 g/mol. The molecule has 1 aliphatic heterocycles. The third kappa shape index (κ3) is 3.71. The molecule has 0 aromatic heterocycles. The number of likely N-dealkylation sites (tertiary alicyclic amines) is 1. The van der Waals surface area contributed by atoms with E-state index in [-0.39, 0.29) is 22.7 Å². The van der Waals surface area contributed by atoms with Crippen LogP contribution in [0.3, 0.4) is 0 Å². The molecule has 3 atom stereocenters. The zero-order chi connectivity index (χ0) is 20.4. The predicted molar refractivity (Wildman–Crippen MR) is 115 cm³/mol. The summed E-state index contributed by atoms with van der Waals surface area (Å²) in [6.07, 6.45) is 5.26. The van der Waals surface area contributed by atoms with Crippen molar-refractivity contribution >= 4 is 17.5 Å². The first-order valence-electron chi connectivity index (χ1n) is 10.3. The largest absolute Gasteiger partial charge is 0.493 e. The molecule has 1 saturated carbocycles. The lowest BCUT2D eigenvalue weighted by molar-refractivity contribution is 0.0279. The Labute approximate surface area is 177 Å². The summed E-state index contributed by atoms with van der Waals surface area (Å²) >= 11 is 7.15. The van der Waals surface area contributed by atoms with Crippen molar-refractivity contribution in [1.82, 2.24) is 4.90 Å². The molecule has 1 amide bonds. The third-order valence-electron chi connectivity index (χ3n) is 6.54. The molecule has 0 radical (unpaired) electrons. The van der Waals surface area contributed by atoms with Crippen molar-refractivity contribution in [3.05, 3.63) is 59.7 Å². The Hall–Kier alpha value is -2.20. The Kier molecular flexibility index (Phi) is 5.73. The Morgan fingerprint density at radius 1 is 1.03 bits per heavy atom. The average Bonchev–Trinajstić information content (AvgIpc) is 2.77. The fraction of sp³-hybridized carbons (Fsp3) is 0.458. The molecule has 1 saturated heterocycles. The maximum absolute atomic E-state index is 13.6. The van der Waals surface area contributed by atoms with Crippen LogP contribution in [0.25, 0.3) is 0 Å². The summed E-state index contributed by atoms with van der Waals surface area (Å²) in [4.78, 5) is 15.4. The van der Waals surface area contributed by atoms with Gasteiger partial charge in [0, 0.05) is 18.0 Å². The molecule has 1 heterocycles. The highest BCUT2D eigenvalue weighted by Gasteiger charge is 2.50. The highest BCUT2D eigenvalue weighted by molar-refractivity contribution is 6.24. The first-order valence-corrected chi connectivity index (χ1v) is 10.7. The van der Waals surface area contributed by atoms with Gasteiger partial charge in [-0.15, -0.1) is 11.6 Å². The normalized spacial score (nSPS) is 26.5. The standard InChI is InChI=1S/C24H28ClNO3/c1-28-20-12-11-18(16-21(20)29-2)23(27)26-15-14-24(25)13-7-6-10-19(24)22(26)17-8-4-3-5-9-17/h3-5,8-9,11-12,16,19,22H,6-7,10,13-15H2,1-2H3/t19-,22+,24+/m1/s1. The summed E-state index contributed by atoms with van der Waals surface area (Å²) in [7, 11) is 3.18. The SMILES string of the molecule is COc1ccc(C(=O)N2CC[C@@]3(Cl)CCCC[C@@H]3[C@@H]2c2ccccc2)cc1OC. The Bertz CT molecular complexity index is 872. The van der Waals surface area contributed by atoms with Crippen LogP contribution in [0.5, 0.6) is 11.5 Å². The lowest BCUT2D eigenvalue weighted by Crippen LogP contribution is -2.53. The van der Waals surface area contributed by atoms with Gasteiger partial charge in [0.15, 0.2) is 11.5 Å². The number of hydrogen-bond acceptors (Lipinski definition) is 3. The molecule has 0 unspecified atom stereocenters. The zero-order valence-corrected chi connectivity index (χ0v) is 17.8. The predicted octanol–water partition coefficient (Wildman–Crippen LogP) is 5.46. The quantitative estimate of drug-likeness (QED) is 0.625. The van der Waals surface area contributed by atoms with Crippen molar-refractivity contribution in [2.75, 3.05) is 20.8 Å². The highest BCUT2D eigenvalue weighted by atomic mass is 35.5. The van der Waals surface area contributed by atoms with Crippen LogP contribution in [0.1, 0.15) is 54.1 Å². The Morgan fingerprint density at radius 2 is 1.79 bits per heavy atom. The van der Waals surface area contributed by atoms with Crippen LogP contribution in [0.2, 0.25) is 0 Å². The number of carbonyl (C=O) groups is 1. The molecule has 2 aromatic rings. The molecule has 2 aliphatic rings. The van der Waals surface area contributed by atoms with Gasteiger partial charge in [-0.3, -0.25) is 4.79 Å². The van der Waals surface area contributed by atoms with Gasteiger partial charge < -0.3 is 14.4 Å². The summed E-state index contributed by atoms with van der Waals surface area (Å²) in [6, 6.07) is 15.7.